The summed E-state index contributed by atoms with van der Waals surface area (Å²) in [4.78, 5) is 8.46. The lowest BCUT2D eigenvalue weighted by molar-refractivity contribution is 0.110. The molecule has 8 heteroatoms. The maximum absolute atomic E-state index is 5.94. The van der Waals surface area contributed by atoms with E-state index in [4.69, 9.17) is 9.47 Å². The summed E-state index contributed by atoms with van der Waals surface area (Å²) in [6.07, 6.45) is 5.59. The number of benzene rings is 2. The molecule has 0 spiro atoms. The maximum atomic E-state index is 5.94. The summed E-state index contributed by atoms with van der Waals surface area (Å²) in [7, 11) is 1.78. The van der Waals surface area contributed by atoms with Crippen LogP contribution in [0.2, 0.25) is 0 Å². The molecule has 0 unspecified atom stereocenters. The molecule has 0 aliphatic heterocycles. The molecule has 0 atom stereocenters. The number of nitrogens with zero attached hydrogens (tertiary/aromatic N) is 3. The zero-order chi connectivity index (χ0) is 22.6. The molecular weight excluding hydrogens is 529 g/mol. The fourth-order valence-corrected chi connectivity index (χ4v) is 3.31. The predicted molar refractivity (Wildman–Crippen MR) is 143 cm³/mol. The van der Waals surface area contributed by atoms with Crippen LogP contribution in [0.1, 0.15) is 29.2 Å². The zero-order valence-corrected chi connectivity index (χ0v) is 21.9. The van der Waals surface area contributed by atoms with Crippen LogP contribution < -0.4 is 15.4 Å². The molecule has 2 N–H and O–H groups in total. The third kappa shape index (κ3) is 9.05. The Bertz CT molecular complexity index is 992. The molecule has 0 amide bonds. The van der Waals surface area contributed by atoms with Gasteiger partial charge in [-0.3, -0.25) is 4.99 Å². The van der Waals surface area contributed by atoms with Crippen molar-refractivity contribution in [1.29, 1.82) is 0 Å². The van der Waals surface area contributed by atoms with Gasteiger partial charge in [0.05, 0.1) is 12.9 Å². The monoisotopic (exact) mass is 563 g/mol. The van der Waals surface area contributed by atoms with Gasteiger partial charge in [0.25, 0.3) is 0 Å². The number of hydrogen-bond acceptors (Lipinski definition) is 4. The lowest BCUT2D eigenvalue weighted by Gasteiger charge is -2.16. The Balaban J connectivity index is 0.00000385. The molecule has 0 aliphatic carbocycles. The van der Waals surface area contributed by atoms with Crippen LogP contribution in [0, 0.1) is 6.92 Å². The Hall–Kier alpha value is -2.59. The second-order valence-electron chi connectivity index (χ2n) is 7.49. The Morgan fingerprint density at radius 2 is 1.88 bits per heavy atom. The number of ether oxygens (including phenoxy) is 2. The lowest BCUT2D eigenvalue weighted by atomic mass is 10.1. The Kier molecular flexibility index (Phi) is 11.7. The third-order valence-electron chi connectivity index (χ3n) is 4.96. The van der Waals surface area contributed by atoms with E-state index >= 15 is 0 Å². The SMILES string of the molecule is CCOCCOc1cc(C)ccc1CNC(=NC)NCc1cccc(Cn2ccnc2)c1.I. The number of halogens is 1. The van der Waals surface area contributed by atoms with Gasteiger partial charge in [0.15, 0.2) is 5.96 Å². The highest BCUT2D eigenvalue weighted by molar-refractivity contribution is 14.0. The zero-order valence-electron chi connectivity index (χ0n) is 19.6. The molecule has 2 aromatic carbocycles. The Labute approximate surface area is 213 Å². The minimum Gasteiger partial charge on any atom is -0.491 e. The first-order valence-electron chi connectivity index (χ1n) is 11.0. The first-order chi connectivity index (χ1) is 15.7. The smallest absolute Gasteiger partial charge is 0.191 e. The van der Waals surface area contributed by atoms with Crippen molar-refractivity contribution in [3.05, 3.63) is 83.4 Å². The van der Waals surface area contributed by atoms with Crippen molar-refractivity contribution < 1.29 is 9.47 Å². The second kappa shape index (κ2) is 14.5. The molecule has 0 fully saturated rings. The van der Waals surface area contributed by atoms with Gasteiger partial charge in [-0.15, -0.1) is 24.0 Å². The summed E-state index contributed by atoms with van der Waals surface area (Å²) in [5, 5.41) is 6.78. The Morgan fingerprint density at radius 3 is 2.64 bits per heavy atom. The summed E-state index contributed by atoms with van der Waals surface area (Å²) in [5.41, 5.74) is 4.68. The van der Waals surface area contributed by atoms with Crippen molar-refractivity contribution in [3.8, 4) is 5.75 Å². The molecule has 0 saturated carbocycles. The van der Waals surface area contributed by atoms with Crippen molar-refractivity contribution in [2.45, 2.75) is 33.5 Å². The predicted octanol–water partition coefficient (Wildman–Crippen LogP) is 4.14. The van der Waals surface area contributed by atoms with Crippen molar-refractivity contribution in [3.63, 3.8) is 0 Å². The number of nitrogens with one attached hydrogen (secondary N) is 2. The van der Waals surface area contributed by atoms with Gasteiger partial charge in [0.1, 0.15) is 12.4 Å². The highest BCUT2D eigenvalue weighted by Gasteiger charge is 2.07. The largest absolute Gasteiger partial charge is 0.491 e. The standard InChI is InChI=1S/C25H33N5O2.HI/c1-4-31-12-13-32-24-14-20(2)8-9-23(24)17-29-25(26-3)28-16-21-6-5-7-22(15-21)18-30-11-10-27-19-30;/h5-11,14-15,19H,4,12-13,16-18H2,1-3H3,(H2,26,28,29);1H. The van der Waals surface area contributed by atoms with E-state index in [9.17, 15) is 0 Å². The van der Waals surface area contributed by atoms with E-state index in [0.29, 0.717) is 32.9 Å². The summed E-state index contributed by atoms with van der Waals surface area (Å²) in [6, 6.07) is 14.8. The molecule has 3 rings (SSSR count). The van der Waals surface area contributed by atoms with Crippen molar-refractivity contribution in [2.24, 2.45) is 4.99 Å². The molecule has 1 heterocycles. The van der Waals surface area contributed by atoms with Crippen LogP contribution >= 0.6 is 24.0 Å². The van der Waals surface area contributed by atoms with Crippen LogP contribution in [0.5, 0.6) is 5.75 Å². The minimum absolute atomic E-state index is 0. The van der Waals surface area contributed by atoms with E-state index < -0.39 is 0 Å². The van der Waals surface area contributed by atoms with E-state index in [2.05, 4.69) is 74.6 Å². The van der Waals surface area contributed by atoms with E-state index in [1.807, 2.05) is 19.4 Å². The molecular formula is C25H34IN5O2. The summed E-state index contributed by atoms with van der Waals surface area (Å²) >= 11 is 0. The maximum Gasteiger partial charge on any atom is 0.191 e. The van der Waals surface area contributed by atoms with Gasteiger partial charge in [-0.05, 0) is 36.6 Å². The molecule has 7 nitrogen and oxygen atoms in total. The number of aromatic nitrogens is 2. The number of aryl methyl sites for hydroxylation is 1. The van der Waals surface area contributed by atoms with Gasteiger partial charge >= 0.3 is 0 Å². The van der Waals surface area contributed by atoms with Gasteiger partial charge in [-0.25, -0.2) is 4.98 Å². The molecule has 0 aliphatic rings. The van der Waals surface area contributed by atoms with Crippen LogP contribution in [0.4, 0.5) is 0 Å². The number of hydrogen-bond donors (Lipinski definition) is 2. The molecule has 0 bridgehead atoms. The molecule has 0 radical (unpaired) electrons. The molecule has 33 heavy (non-hydrogen) atoms. The first kappa shape index (κ1) is 26.7. The minimum atomic E-state index is 0. The molecule has 0 saturated heterocycles. The highest BCUT2D eigenvalue weighted by Crippen LogP contribution is 2.20. The van der Waals surface area contributed by atoms with Crippen LogP contribution in [0.3, 0.4) is 0 Å². The van der Waals surface area contributed by atoms with Crippen molar-refractivity contribution in [1.82, 2.24) is 20.2 Å². The summed E-state index contributed by atoms with van der Waals surface area (Å²) in [6.45, 7) is 7.96. The number of guanidine groups is 1. The summed E-state index contributed by atoms with van der Waals surface area (Å²) in [5.74, 6) is 1.62. The molecule has 1 aromatic heterocycles. The normalized spacial score (nSPS) is 11.1. The van der Waals surface area contributed by atoms with Gasteiger partial charge in [-0.1, -0.05) is 36.4 Å². The van der Waals surface area contributed by atoms with Crippen molar-refractivity contribution in [2.75, 3.05) is 26.9 Å². The first-order valence-corrected chi connectivity index (χ1v) is 11.0. The van der Waals surface area contributed by atoms with Gasteiger partial charge in [-0.2, -0.15) is 0 Å². The fraction of sp³-hybridized carbons (Fsp3) is 0.360. The highest BCUT2D eigenvalue weighted by atomic mass is 127. The van der Waals surface area contributed by atoms with Crippen LogP contribution in [-0.2, 0) is 24.4 Å². The van der Waals surface area contributed by atoms with E-state index in [1.165, 1.54) is 16.7 Å². The van der Waals surface area contributed by atoms with E-state index in [0.717, 1.165) is 23.8 Å². The fourth-order valence-electron chi connectivity index (χ4n) is 3.31. The van der Waals surface area contributed by atoms with Crippen molar-refractivity contribution >= 4 is 29.9 Å². The molecule has 3 aromatic rings. The molecule has 178 valence electrons. The van der Waals surface area contributed by atoms with Crippen LogP contribution in [-0.4, -0.2) is 42.4 Å². The average molecular weight is 563 g/mol. The van der Waals surface area contributed by atoms with Gasteiger partial charge in [0, 0.05) is 51.2 Å². The van der Waals surface area contributed by atoms with Crippen LogP contribution in [0.25, 0.3) is 0 Å². The topological polar surface area (TPSA) is 72.7 Å². The quantitative estimate of drug-likeness (QED) is 0.159. The number of aliphatic imine (C=N–C) groups is 1. The van der Waals surface area contributed by atoms with E-state index in [1.54, 1.807) is 13.2 Å². The number of imidazole rings is 1. The van der Waals surface area contributed by atoms with Crippen LogP contribution in [0.15, 0.2) is 66.2 Å². The lowest BCUT2D eigenvalue weighted by Crippen LogP contribution is -2.36. The average Bonchev–Trinajstić information content (AvgIpc) is 3.31. The van der Waals surface area contributed by atoms with E-state index in [-0.39, 0.29) is 24.0 Å². The third-order valence-corrected chi connectivity index (χ3v) is 4.96. The van der Waals surface area contributed by atoms with Gasteiger partial charge < -0.3 is 24.7 Å². The second-order valence-corrected chi connectivity index (χ2v) is 7.49. The van der Waals surface area contributed by atoms with Gasteiger partial charge in [0.2, 0.25) is 0 Å². The Morgan fingerprint density at radius 1 is 1.06 bits per heavy atom. The number of rotatable bonds is 11. The summed E-state index contributed by atoms with van der Waals surface area (Å²) < 4.78 is 13.4.